The Morgan fingerprint density at radius 3 is 2.50 bits per heavy atom. The highest BCUT2D eigenvalue weighted by Crippen LogP contribution is 2.30. The molecule has 0 atom stereocenters. The molecule has 0 bridgehead atoms. The first-order chi connectivity index (χ1) is 14.4. The first-order valence-corrected chi connectivity index (χ1v) is 9.81. The zero-order chi connectivity index (χ0) is 21.7. The molecule has 2 aromatic carbocycles. The summed E-state index contributed by atoms with van der Waals surface area (Å²) in [6.07, 6.45) is 4.45. The first-order valence-electron chi connectivity index (χ1n) is 9.81. The average Bonchev–Trinajstić information content (AvgIpc) is 3.09. The maximum Gasteiger partial charge on any atom is 0.216 e. The van der Waals surface area contributed by atoms with E-state index in [1.165, 1.54) is 6.92 Å². The summed E-state index contributed by atoms with van der Waals surface area (Å²) in [6, 6.07) is 15.1. The smallest absolute Gasteiger partial charge is 0.216 e. The largest absolute Gasteiger partial charge is 0.497 e. The Hall–Kier alpha value is -3.54. The van der Waals surface area contributed by atoms with Crippen LogP contribution in [0, 0.1) is 0 Å². The van der Waals surface area contributed by atoms with Gasteiger partial charge in [0.05, 0.1) is 12.6 Å². The lowest BCUT2D eigenvalue weighted by Gasteiger charge is -2.14. The molecule has 30 heavy (non-hydrogen) atoms. The third-order valence-electron chi connectivity index (χ3n) is 4.77. The number of carbonyl (C=O) groups is 2. The summed E-state index contributed by atoms with van der Waals surface area (Å²) >= 11 is 0. The highest BCUT2D eigenvalue weighted by molar-refractivity contribution is 6.25. The molecule has 3 aromatic rings. The topological polar surface area (TPSA) is 63.6 Å². The van der Waals surface area contributed by atoms with E-state index in [4.69, 9.17) is 4.74 Å². The van der Waals surface area contributed by atoms with E-state index in [1.807, 2.05) is 84.5 Å². The Bertz CT molecular complexity index is 1080. The molecule has 0 aliphatic carbocycles. The van der Waals surface area contributed by atoms with Gasteiger partial charge in [-0.1, -0.05) is 30.3 Å². The van der Waals surface area contributed by atoms with Gasteiger partial charge >= 0.3 is 0 Å². The van der Waals surface area contributed by atoms with Crippen molar-refractivity contribution in [3.63, 3.8) is 0 Å². The normalized spacial score (nSPS) is 11.4. The van der Waals surface area contributed by atoms with Gasteiger partial charge in [0.2, 0.25) is 11.7 Å². The molecule has 6 nitrogen and oxygen atoms in total. The van der Waals surface area contributed by atoms with Gasteiger partial charge in [-0.15, -0.1) is 0 Å². The molecular formula is C24H27N3O3. The molecule has 0 aliphatic heterocycles. The number of fused-ring (bicyclic) bond motifs is 1. The van der Waals surface area contributed by atoms with E-state index in [1.54, 1.807) is 7.11 Å². The van der Waals surface area contributed by atoms with Gasteiger partial charge in [-0.05, 0) is 30.2 Å². The zero-order valence-electron chi connectivity index (χ0n) is 17.8. The fraction of sp³-hybridized carbons (Fsp3) is 0.250. The van der Waals surface area contributed by atoms with Crippen LogP contribution < -0.4 is 10.1 Å². The van der Waals surface area contributed by atoms with Crippen LogP contribution in [0.25, 0.3) is 16.6 Å². The number of amides is 1. The van der Waals surface area contributed by atoms with E-state index in [9.17, 15) is 9.59 Å². The number of aromatic nitrogens is 1. The van der Waals surface area contributed by atoms with Crippen molar-refractivity contribution in [2.75, 3.05) is 27.7 Å². The minimum Gasteiger partial charge on any atom is -0.497 e. The lowest BCUT2D eigenvalue weighted by atomic mass is 10.1. The number of methoxy groups -OCH3 is 1. The molecule has 0 radical (unpaired) electrons. The van der Waals surface area contributed by atoms with Crippen LogP contribution in [0.3, 0.4) is 0 Å². The van der Waals surface area contributed by atoms with Gasteiger partial charge in [0.1, 0.15) is 11.4 Å². The summed E-state index contributed by atoms with van der Waals surface area (Å²) in [5.41, 5.74) is 3.11. The number of nitrogens with zero attached hydrogens (tertiary/aromatic N) is 2. The van der Waals surface area contributed by atoms with Gasteiger partial charge in [0.25, 0.3) is 0 Å². The highest BCUT2D eigenvalue weighted by Gasteiger charge is 2.19. The molecule has 0 fully saturated rings. The van der Waals surface area contributed by atoms with Crippen molar-refractivity contribution in [1.82, 2.24) is 14.8 Å². The number of Topliss-reactive ketones (excluding diaryl/α,β-unsaturated/α-hetero) is 1. The van der Waals surface area contributed by atoms with Crippen molar-refractivity contribution in [3.8, 4) is 5.75 Å². The SMILES string of the molecule is COc1ccc2c(c1)c(CCNC(C)=O)cn2/C(=C/N(C)C)C(=O)c1ccccc1. The molecule has 156 valence electrons. The summed E-state index contributed by atoms with van der Waals surface area (Å²) in [4.78, 5) is 26.5. The minimum atomic E-state index is -0.0660. The van der Waals surface area contributed by atoms with E-state index in [0.717, 1.165) is 22.2 Å². The average molecular weight is 405 g/mol. The molecule has 0 aliphatic rings. The number of hydrogen-bond acceptors (Lipinski definition) is 4. The Balaban J connectivity index is 2.13. The highest BCUT2D eigenvalue weighted by atomic mass is 16.5. The molecule has 1 aromatic heterocycles. The standard InChI is InChI=1S/C24H27N3O3/c1-17(28)25-13-12-19-15-27(22-11-10-20(30-4)14-21(19)22)23(16-26(2)3)24(29)18-8-6-5-7-9-18/h5-11,14-16H,12-13H2,1-4H3,(H,25,28)/b23-16+. The number of nitrogens with one attached hydrogen (secondary N) is 1. The van der Waals surface area contributed by atoms with Gasteiger partial charge < -0.3 is 19.5 Å². The van der Waals surface area contributed by atoms with Gasteiger partial charge in [0, 0.05) is 50.9 Å². The molecular weight excluding hydrogens is 378 g/mol. The Morgan fingerprint density at radius 2 is 1.87 bits per heavy atom. The Morgan fingerprint density at radius 1 is 1.13 bits per heavy atom. The third kappa shape index (κ3) is 4.71. The number of carbonyl (C=O) groups excluding carboxylic acids is 2. The van der Waals surface area contributed by atoms with E-state index in [-0.39, 0.29) is 11.7 Å². The maximum absolute atomic E-state index is 13.4. The van der Waals surface area contributed by atoms with Crippen LogP contribution in [0.15, 0.2) is 60.9 Å². The number of hydrogen-bond donors (Lipinski definition) is 1. The fourth-order valence-corrected chi connectivity index (χ4v) is 3.39. The maximum atomic E-state index is 13.4. The van der Waals surface area contributed by atoms with Crippen molar-refractivity contribution in [2.45, 2.75) is 13.3 Å². The molecule has 1 heterocycles. The Kier molecular flexibility index (Phi) is 6.57. The van der Waals surface area contributed by atoms with Crippen LogP contribution in [-0.4, -0.2) is 48.9 Å². The third-order valence-corrected chi connectivity index (χ3v) is 4.77. The summed E-state index contributed by atoms with van der Waals surface area (Å²) in [5.74, 6) is 0.614. The monoisotopic (exact) mass is 405 g/mol. The van der Waals surface area contributed by atoms with Crippen molar-refractivity contribution >= 4 is 28.3 Å². The molecule has 3 rings (SSSR count). The minimum absolute atomic E-state index is 0.0644. The first kappa shape index (κ1) is 21.2. The van der Waals surface area contributed by atoms with Crippen LogP contribution in [0.1, 0.15) is 22.8 Å². The van der Waals surface area contributed by atoms with Gasteiger partial charge in [-0.3, -0.25) is 9.59 Å². The van der Waals surface area contributed by atoms with Crippen LogP contribution >= 0.6 is 0 Å². The van der Waals surface area contributed by atoms with Crippen molar-refractivity contribution in [3.05, 3.63) is 72.1 Å². The molecule has 0 saturated heterocycles. The van der Waals surface area contributed by atoms with Crippen LogP contribution in [-0.2, 0) is 11.2 Å². The molecule has 6 heteroatoms. The van der Waals surface area contributed by atoms with Crippen LogP contribution in [0.2, 0.25) is 0 Å². The Labute approximate surface area is 176 Å². The number of allylic oxidation sites excluding steroid dienone is 1. The number of ether oxygens (including phenoxy) is 1. The second-order valence-electron chi connectivity index (χ2n) is 7.31. The van der Waals surface area contributed by atoms with E-state index in [0.29, 0.717) is 24.2 Å². The van der Waals surface area contributed by atoms with Crippen LogP contribution in [0.5, 0.6) is 5.75 Å². The number of benzene rings is 2. The number of ketones is 1. The van der Waals surface area contributed by atoms with Crippen LogP contribution in [0.4, 0.5) is 0 Å². The van der Waals surface area contributed by atoms with E-state index >= 15 is 0 Å². The van der Waals surface area contributed by atoms with Gasteiger partial charge in [-0.2, -0.15) is 0 Å². The van der Waals surface area contributed by atoms with E-state index < -0.39 is 0 Å². The second-order valence-corrected chi connectivity index (χ2v) is 7.31. The van der Waals surface area contributed by atoms with E-state index in [2.05, 4.69) is 5.32 Å². The summed E-state index contributed by atoms with van der Waals surface area (Å²) in [7, 11) is 5.42. The predicted octanol–water partition coefficient (Wildman–Crippen LogP) is 3.57. The molecule has 0 unspecified atom stereocenters. The summed E-state index contributed by atoms with van der Waals surface area (Å²) < 4.78 is 7.33. The number of rotatable bonds is 8. The molecule has 0 saturated carbocycles. The van der Waals surface area contributed by atoms with Crippen molar-refractivity contribution in [1.29, 1.82) is 0 Å². The molecule has 1 N–H and O–H groups in total. The predicted molar refractivity (Wildman–Crippen MR) is 120 cm³/mol. The lowest BCUT2D eigenvalue weighted by Crippen LogP contribution is -2.22. The second kappa shape index (κ2) is 9.31. The fourth-order valence-electron chi connectivity index (χ4n) is 3.39. The molecule has 1 amide bonds. The summed E-state index contributed by atoms with van der Waals surface area (Å²) in [5, 5.41) is 3.83. The van der Waals surface area contributed by atoms with Gasteiger partial charge in [-0.25, -0.2) is 0 Å². The van der Waals surface area contributed by atoms with Gasteiger partial charge in [0.15, 0.2) is 0 Å². The molecule has 0 spiro atoms. The van der Waals surface area contributed by atoms with Crippen molar-refractivity contribution < 1.29 is 14.3 Å². The quantitative estimate of drug-likeness (QED) is 0.460. The van der Waals surface area contributed by atoms with Crippen molar-refractivity contribution in [2.24, 2.45) is 0 Å². The summed E-state index contributed by atoms with van der Waals surface area (Å²) in [6.45, 7) is 2.02. The lowest BCUT2D eigenvalue weighted by molar-refractivity contribution is -0.118. The zero-order valence-corrected chi connectivity index (χ0v) is 17.8.